The minimum absolute atomic E-state index is 0.0184. The number of benzene rings is 2. The summed E-state index contributed by atoms with van der Waals surface area (Å²) in [6, 6.07) is 11.8. The van der Waals surface area contributed by atoms with E-state index in [0.29, 0.717) is 18.7 Å². The van der Waals surface area contributed by atoms with Crippen molar-refractivity contribution in [3.05, 3.63) is 52.5 Å². The first-order valence-electron chi connectivity index (χ1n) is 8.78. The molecule has 2 heterocycles. The second kappa shape index (κ2) is 7.09. The van der Waals surface area contributed by atoms with Crippen LogP contribution in [-0.4, -0.2) is 44.1 Å². The Bertz CT molecular complexity index is 949. The first-order chi connectivity index (χ1) is 13.0. The van der Waals surface area contributed by atoms with Gasteiger partial charge in [0.1, 0.15) is 5.75 Å². The molecule has 6 nitrogen and oxygen atoms in total. The Labute approximate surface area is 167 Å². The number of sulfonamides is 1. The zero-order valence-electron chi connectivity index (χ0n) is 14.8. The highest BCUT2D eigenvalue weighted by atomic mass is 79.9. The second-order valence-corrected chi connectivity index (χ2v) is 9.66. The van der Waals surface area contributed by atoms with Crippen molar-refractivity contribution in [1.82, 2.24) is 4.31 Å². The number of rotatable bonds is 4. The highest BCUT2D eigenvalue weighted by Crippen LogP contribution is 2.48. The summed E-state index contributed by atoms with van der Waals surface area (Å²) < 4.78 is 34.3. The molecule has 2 aliphatic rings. The molecule has 2 aromatic rings. The van der Waals surface area contributed by atoms with Crippen molar-refractivity contribution in [3.63, 3.8) is 0 Å². The van der Waals surface area contributed by atoms with E-state index in [1.807, 2.05) is 18.2 Å². The molecule has 0 saturated carbocycles. The van der Waals surface area contributed by atoms with E-state index in [2.05, 4.69) is 21.2 Å². The molecule has 1 fully saturated rings. The number of nitrogens with zero attached hydrogens (tertiary/aromatic N) is 1. The molecule has 27 heavy (non-hydrogen) atoms. The fourth-order valence-corrected chi connectivity index (χ4v) is 6.19. The predicted octanol–water partition coefficient (Wildman–Crippen LogP) is 3.00. The molecule has 0 aliphatic carbocycles. The lowest BCUT2D eigenvalue weighted by Crippen LogP contribution is -2.42. The van der Waals surface area contributed by atoms with Gasteiger partial charge in [-0.05, 0) is 54.4 Å². The number of aliphatic hydroxyl groups excluding tert-OH is 1. The molecule has 0 unspecified atom stereocenters. The largest absolute Gasteiger partial charge is 0.497 e. The third-order valence-electron chi connectivity index (χ3n) is 5.45. The van der Waals surface area contributed by atoms with Crippen LogP contribution in [0.5, 0.6) is 5.75 Å². The maximum absolute atomic E-state index is 13.4. The lowest BCUT2D eigenvalue weighted by Gasteiger charge is -2.38. The predicted molar refractivity (Wildman–Crippen MR) is 106 cm³/mol. The summed E-state index contributed by atoms with van der Waals surface area (Å²) in [6.45, 7) is 0.390. The summed E-state index contributed by atoms with van der Waals surface area (Å²) in [5, 5.41) is 13.2. The second-order valence-electron chi connectivity index (χ2n) is 6.85. The van der Waals surface area contributed by atoms with E-state index in [1.54, 1.807) is 35.7 Å². The highest BCUT2D eigenvalue weighted by molar-refractivity contribution is 9.10. The van der Waals surface area contributed by atoms with Gasteiger partial charge >= 0.3 is 0 Å². The number of ether oxygens (including phenoxy) is 1. The van der Waals surface area contributed by atoms with E-state index < -0.39 is 10.0 Å². The van der Waals surface area contributed by atoms with E-state index in [1.165, 1.54) is 0 Å². The lowest BCUT2D eigenvalue weighted by molar-refractivity contribution is 0.210. The van der Waals surface area contributed by atoms with Crippen molar-refractivity contribution in [2.45, 2.75) is 23.4 Å². The molecule has 0 radical (unpaired) electrons. The van der Waals surface area contributed by atoms with Crippen LogP contribution in [0.25, 0.3) is 0 Å². The average molecular weight is 453 g/mol. The molecule has 8 heteroatoms. The van der Waals surface area contributed by atoms with Gasteiger partial charge in [-0.15, -0.1) is 0 Å². The third-order valence-corrected chi connectivity index (χ3v) is 7.84. The molecule has 2 aromatic carbocycles. The molecule has 3 atom stereocenters. The summed E-state index contributed by atoms with van der Waals surface area (Å²) in [5.41, 5.74) is 1.81. The van der Waals surface area contributed by atoms with Gasteiger partial charge in [-0.3, -0.25) is 0 Å². The van der Waals surface area contributed by atoms with Gasteiger partial charge in [-0.25, -0.2) is 8.42 Å². The zero-order chi connectivity index (χ0) is 19.2. The fraction of sp³-hybridized carbons (Fsp3) is 0.368. The maximum Gasteiger partial charge on any atom is 0.243 e. The van der Waals surface area contributed by atoms with E-state index in [-0.39, 0.29) is 29.5 Å². The monoisotopic (exact) mass is 452 g/mol. The van der Waals surface area contributed by atoms with Crippen LogP contribution < -0.4 is 10.1 Å². The van der Waals surface area contributed by atoms with Crippen LogP contribution in [0.3, 0.4) is 0 Å². The number of hydrogen-bond donors (Lipinski definition) is 2. The van der Waals surface area contributed by atoms with Crippen LogP contribution in [0.2, 0.25) is 0 Å². The molecule has 0 amide bonds. The van der Waals surface area contributed by atoms with Crippen molar-refractivity contribution in [3.8, 4) is 5.75 Å². The lowest BCUT2D eigenvalue weighted by atomic mass is 9.84. The summed E-state index contributed by atoms with van der Waals surface area (Å²) >= 11 is 3.49. The van der Waals surface area contributed by atoms with Crippen molar-refractivity contribution in [1.29, 1.82) is 0 Å². The van der Waals surface area contributed by atoms with E-state index in [0.717, 1.165) is 15.7 Å². The van der Waals surface area contributed by atoms with Gasteiger partial charge in [0.25, 0.3) is 0 Å². The first kappa shape index (κ1) is 18.7. The summed E-state index contributed by atoms with van der Waals surface area (Å²) in [4.78, 5) is 0.250. The Kier molecular flexibility index (Phi) is 4.92. The molecule has 2 N–H and O–H groups in total. The molecule has 2 aliphatic heterocycles. The van der Waals surface area contributed by atoms with Crippen LogP contribution in [-0.2, 0) is 10.0 Å². The Balaban J connectivity index is 1.78. The van der Waals surface area contributed by atoms with Gasteiger partial charge in [-0.2, -0.15) is 4.31 Å². The molecule has 144 valence electrons. The quantitative estimate of drug-likeness (QED) is 0.745. The normalized spacial score (nSPS) is 24.8. The first-order valence-corrected chi connectivity index (χ1v) is 11.0. The van der Waals surface area contributed by atoms with Crippen molar-refractivity contribution in [2.75, 3.05) is 25.6 Å². The molecule has 0 aromatic heterocycles. The molecular weight excluding hydrogens is 432 g/mol. The summed E-state index contributed by atoms with van der Waals surface area (Å²) in [7, 11) is -2.12. The van der Waals surface area contributed by atoms with Gasteiger partial charge in [-0.1, -0.05) is 15.9 Å². The van der Waals surface area contributed by atoms with Crippen LogP contribution >= 0.6 is 15.9 Å². The van der Waals surface area contributed by atoms with Crippen molar-refractivity contribution >= 4 is 31.6 Å². The minimum atomic E-state index is -3.67. The number of hydrogen-bond acceptors (Lipinski definition) is 5. The van der Waals surface area contributed by atoms with Crippen molar-refractivity contribution in [2.24, 2.45) is 5.92 Å². The summed E-state index contributed by atoms with van der Waals surface area (Å²) in [6.07, 6.45) is 0.699. The van der Waals surface area contributed by atoms with Crippen molar-refractivity contribution < 1.29 is 18.3 Å². The van der Waals surface area contributed by atoms with Gasteiger partial charge < -0.3 is 15.2 Å². The number of methoxy groups -OCH3 is 1. The highest BCUT2D eigenvalue weighted by Gasteiger charge is 2.48. The van der Waals surface area contributed by atoms with Crippen LogP contribution in [0.15, 0.2) is 51.8 Å². The Morgan fingerprint density at radius 1 is 1.26 bits per heavy atom. The maximum atomic E-state index is 13.4. The van der Waals surface area contributed by atoms with Gasteiger partial charge in [0, 0.05) is 22.6 Å². The molecule has 4 rings (SSSR count). The SMILES string of the molecule is COc1ccc(S(=O)(=O)N2CC[C@@H]3[C@H](CO)Nc4ccc(Br)cc4[C@@H]32)cc1. The van der Waals surface area contributed by atoms with E-state index in [9.17, 15) is 13.5 Å². The Hall–Kier alpha value is -1.61. The topological polar surface area (TPSA) is 78.9 Å². The van der Waals surface area contributed by atoms with Gasteiger partial charge in [0.05, 0.1) is 30.7 Å². The van der Waals surface area contributed by atoms with Gasteiger partial charge in [0.15, 0.2) is 0 Å². The number of aliphatic hydroxyl groups is 1. The number of halogens is 1. The molecule has 0 spiro atoms. The third kappa shape index (κ3) is 3.14. The Morgan fingerprint density at radius 2 is 2.00 bits per heavy atom. The van der Waals surface area contributed by atoms with Crippen LogP contribution in [0.4, 0.5) is 5.69 Å². The standard InChI is InChI=1S/C19H21BrN2O4S/c1-26-13-3-5-14(6-4-13)27(24,25)22-9-8-15-18(11-23)21-17-7-2-12(20)10-16(17)19(15)22/h2-7,10,15,18-19,21,23H,8-9,11H2,1H3/t15-,18+,19-/m1/s1. The van der Waals surface area contributed by atoms with Gasteiger partial charge in [0.2, 0.25) is 10.0 Å². The molecule has 0 bridgehead atoms. The van der Waals surface area contributed by atoms with Crippen LogP contribution in [0, 0.1) is 5.92 Å². The smallest absolute Gasteiger partial charge is 0.243 e. The van der Waals surface area contributed by atoms with Crippen LogP contribution in [0.1, 0.15) is 18.0 Å². The fourth-order valence-electron chi connectivity index (χ4n) is 4.14. The number of anilines is 1. The molecular formula is C19H21BrN2O4S. The van der Waals surface area contributed by atoms with E-state index in [4.69, 9.17) is 4.74 Å². The zero-order valence-corrected chi connectivity index (χ0v) is 17.2. The molecule has 1 saturated heterocycles. The number of nitrogens with one attached hydrogen (secondary N) is 1. The Morgan fingerprint density at radius 3 is 2.67 bits per heavy atom. The average Bonchev–Trinajstić information content (AvgIpc) is 3.14. The van der Waals surface area contributed by atoms with E-state index >= 15 is 0 Å². The minimum Gasteiger partial charge on any atom is -0.497 e. The summed E-state index contributed by atoms with van der Waals surface area (Å²) in [5.74, 6) is 0.634. The number of fused-ring (bicyclic) bond motifs is 3.